The van der Waals surface area contributed by atoms with Crippen LogP contribution in [0.25, 0.3) is 0 Å². The van der Waals surface area contributed by atoms with Crippen molar-refractivity contribution in [2.45, 2.75) is 12.8 Å². The zero-order valence-corrected chi connectivity index (χ0v) is 9.54. The van der Waals surface area contributed by atoms with Crippen molar-refractivity contribution >= 4 is 26.1 Å². The summed E-state index contributed by atoms with van der Waals surface area (Å²) in [7, 11) is 2.14. The fourth-order valence-electron chi connectivity index (χ4n) is 1.03. The predicted molar refractivity (Wildman–Crippen MR) is 64.2 cm³/mol. The van der Waals surface area contributed by atoms with Gasteiger partial charge in [0.25, 0.3) is 0 Å². The summed E-state index contributed by atoms with van der Waals surface area (Å²) in [5, 5.41) is 7.94. The molecule has 0 fully saturated rings. The fourth-order valence-corrected chi connectivity index (χ4v) is 1.23. The summed E-state index contributed by atoms with van der Waals surface area (Å²) in [6.07, 6.45) is 1.24. The molecule has 1 aromatic carbocycles. The SMILES string of the molecule is Nc1ccccc1N=NCCCC(=O)P. The number of nitrogen functional groups attached to an aromatic ring is 1. The van der Waals surface area contributed by atoms with Crippen molar-refractivity contribution in [2.75, 3.05) is 12.3 Å². The molecule has 0 aliphatic carbocycles. The van der Waals surface area contributed by atoms with E-state index in [1.54, 1.807) is 12.1 Å². The minimum Gasteiger partial charge on any atom is -0.397 e. The van der Waals surface area contributed by atoms with Crippen LogP contribution in [0.2, 0.25) is 0 Å². The summed E-state index contributed by atoms with van der Waals surface area (Å²) < 4.78 is 0. The number of carbonyl (C=O) groups is 1. The van der Waals surface area contributed by atoms with Gasteiger partial charge in [0.1, 0.15) is 11.2 Å². The number of hydrogen-bond donors (Lipinski definition) is 1. The molecule has 15 heavy (non-hydrogen) atoms. The van der Waals surface area contributed by atoms with Crippen molar-refractivity contribution < 1.29 is 4.79 Å². The fraction of sp³-hybridized carbons (Fsp3) is 0.300. The van der Waals surface area contributed by atoms with Gasteiger partial charge >= 0.3 is 0 Å². The summed E-state index contributed by atoms with van der Waals surface area (Å²) in [4.78, 5) is 10.6. The summed E-state index contributed by atoms with van der Waals surface area (Å²) >= 11 is 0. The largest absolute Gasteiger partial charge is 0.397 e. The van der Waals surface area contributed by atoms with Gasteiger partial charge in [-0.15, -0.1) is 0 Å². The van der Waals surface area contributed by atoms with Crippen molar-refractivity contribution in [2.24, 2.45) is 10.2 Å². The van der Waals surface area contributed by atoms with Crippen molar-refractivity contribution in [3.05, 3.63) is 24.3 Å². The normalized spacial score (nSPS) is 10.7. The van der Waals surface area contributed by atoms with E-state index >= 15 is 0 Å². The molecule has 80 valence electrons. The number of nitrogens with zero attached hydrogens (tertiary/aromatic N) is 2. The lowest BCUT2D eigenvalue weighted by atomic mass is 10.3. The Kier molecular flexibility index (Phi) is 4.91. The van der Waals surface area contributed by atoms with Gasteiger partial charge in [-0.05, 0) is 18.6 Å². The van der Waals surface area contributed by atoms with E-state index in [1.807, 2.05) is 12.1 Å². The van der Waals surface area contributed by atoms with Crippen LogP contribution in [-0.4, -0.2) is 12.1 Å². The zero-order valence-electron chi connectivity index (χ0n) is 8.39. The molecule has 4 nitrogen and oxygen atoms in total. The van der Waals surface area contributed by atoms with Crippen LogP contribution < -0.4 is 5.73 Å². The highest BCUT2D eigenvalue weighted by Crippen LogP contribution is 2.20. The van der Waals surface area contributed by atoms with Crippen LogP contribution in [-0.2, 0) is 4.79 Å². The standard InChI is InChI=1S/C10H14N3OP/c11-8-4-1-2-5-9(8)13-12-7-3-6-10(14)15/h1-2,4-5H,3,6-7,11,15H2. The molecule has 1 rings (SSSR count). The Morgan fingerprint density at radius 1 is 1.40 bits per heavy atom. The molecule has 0 heterocycles. The lowest BCUT2D eigenvalue weighted by Gasteiger charge is -1.96. The second kappa shape index (κ2) is 6.25. The lowest BCUT2D eigenvalue weighted by molar-refractivity contribution is -0.111. The first-order valence-corrected chi connectivity index (χ1v) is 5.28. The lowest BCUT2D eigenvalue weighted by Crippen LogP contribution is -1.87. The maximum absolute atomic E-state index is 10.6. The molecule has 0 amide bonds. The van der Waals surface area contributed by atoms with Gasteiger partial charge in [-0.2, -0.15) is 10.2 Å². The number of rotatable bonds is 5. The predicted octanol–water partition coefficient (Wildman–Crippen LogP) is 2.53. The van der Waals surface area contributed by atoms with Gasteiger partial charge in [0.15, 0.2) is 0 Å². The van der Waals surface area contributed by atoms with Crippen molar-refractivity contribution in [3.63, 3.8) is 0 Å². The molecule has 2 N–H and O–H groups in total. The van der Waals surface area contributed by atoms with Crippen LogP contribution in [0.1, 0.15) is 12.8 Å². The highest BCUT2D eigenvalue weighted by atomic mass is 31.0. The highest BCUT2D eigenvalue weighted by Gasteiger charge is 1.94. The highest BCUT2D eigenvalue weighted by molar-refractivity contribution is 7.40. The average molecular weight is 223 g/mol. The van der Waals surface area contributed by atoms with Crippen LogP contribution >= 0.6 is 9.24 Å². The van der Waals surface area contributed by atoms with E-state index in [1.165, 1.54) is 0 Å². The van der Waals surface area contributed by atoms with Gasteiger partial charge in [-0.1, -0.05) is 21.4 Å². The molecule has 0 aromatic heterocycles. The first kappa shape index (κ1) is 11.8. The van der Waals surface area contributed by atoms with E-state index in [0.717, 1.165) is 6.42 Å². The molecule has 1 atom stereocenters. The first-order valence-electron chi connectivity index (χ1n) is 4.70. The van der Waals surface area contributed by atoms with Crippen LogP contribution in [0.15, 0.2) is 34.5 Å². The van der Waals surface area contributed by atoms with Crippen molar-refractivity contribution in [3.8, 4) is 0 Å². The quantitative estimate of drug-likeness (QED) is 0.360. The molecule has 0 aliphatic heterocycles. The Balaban J connectivity index is 2.38. The Hall–Kier alpha value is -1.28. The Bertz CT molecular complexity index is 365. The minimum absolute atomic E-state index is 0.101. The minimum atomic E-state index is 0.101. The molecule has 0 bridgehead atoms. The van der Waals surface area contributed by atoms with E-state index in [9.17, 15) is 4.79 Å². The van der Waals surface area contributed by atoms with Gasteiger partial charge in [-0.3, -0.25) is 4.79 Å². The third kappa shape index (κ3) is 4.66. The third-order valence-corrected chi connectivity index (χ3v) is 2.09. The van der Waals surface area contributed by atoms with Gasteiger partial charge in [-0.25, -0.2) is 0 Å². The molecular formula is C10H14N3OP. The zero-order chi connectivity index (χ0) is 11.1. The topological polar surface area (TPSA) is 67.8 Å². The molecule has 0 radical (unpaired) electrons. The van der Waals surface area contributed by atoms with Crippen LogP contribution in [0.5, 0.6) is 0 Å². The van der Waals surface area contributed by atoms with E-state index in [2.05, 4.69) is 19.5 Å². The molecule has 1 unspecified atom stereocenters. The smallest absolute Gasteiger partial charge is 0.148 e. The molecule has 0 saturated heterocycles. The number of anilines is 1. The number of azo groups is 1. The molecule has 5 heteroatoms. The maximum atomic E-state index is 10.6. The van der Waals surface area contributed by atoms with E-state index in [4.69, 9.17) is 5.73 Å². The van der Waals surface area contributed by atoms with E-state index in [0.29, 0.717) is 24.3 Å². The van der Waals surface area contributed by atoms with E-state index < -0.39 is 0 Å². The number of hydrogen-bond acceptors (Lipinski definition) is 4. The third-order valence-electron chi connectivity index (χ3n) is 1.80. The summed E-state index contributed by atoms with van der Waals surface area (Å²) in [6.45, 7) is 0.550. The average Bonchev–Trinajstić information content (AvgIpc) is 2.20. The molecular weight excluding hydrogens is 209 g/mol. The van der Waals surface area contributed by atoms with Gasteiger partial charge in [0, 0.05) is 6.42 Å². The number of nitrogens with two attached hydrogens (primary N) is 1. The van der Waals surface area contributed by atoms with Gasteiger partial charge in [0.2, 0.25) is 0 Å². The van der Waals surface area contributed by atoms with Gasteiger partial charge < -0.3 is 5.73 Å². The Labute approximate surface area is 91.2 Å². The maximum Gasteiger partial charge on any atom is 0.148 e. The number of para-hydroxylation sites is 1. The second-order valence-corrected chi connectivity index (χ2v) is 3.74. The summed E-state index contributed by atoms with van der Waals surface area (Å²) in [6, 6.07) is 7.29. The number of carbonyl (C=O) groups excluding carboxylic acids is 1. The van der Waals surface area contributed by atoms with Crippen molar-refractivity contribution in [1.82, 2.24) is 0 Å². The molecule has 0 saturated carbocycles. The van der Waals surface area contributed by atoms with E-state index in [-0.39, 0.29) is 5.52 Å². The van der Waals surface area contributed by atoms with Crippen LogP contribution in [0.4, 0.5) is 11.4 Å². The first-order chi connectivity index (χ1) is 7.20. The Morgan fingerprint density at radius 3 is 2.80 bits per heavy atom. The van der Waals surface area contributed by atoms with Gasteiger partial charge in [0.05, 0.1) is 12.2 Å². The second-order valence-electron chi connectivity index (χ2n) is 3.09. The monoisotopic (exact) mass is 223 g/mol. The van der Waals surface area contributed by atoms with Crippen LogP contribution in [0, 0.1) is 0 Å². The van der Waals surface area contributed by atoms with Crippen molar-refractivity contribution in [1.29, 1.82) is 0 Å². The summed E-state index contributed by atoms with van der Waals surface area (Å²) in [5.41, 5.74) is 7.06. The molecule has 0 spiro atoms. The van der Waals surface area contributed by atoms with Crippen LogP contribution in [0.3, 0.4) is 0 Å². The summed E-state index contributed by atoms with van der Waals surface area (Å²) in [5.74, 6) is 0. The molecule has 1 aromatic rings. The molecule has 0 aliphatic rings. The number of benzene rings is 1. The Morgan fingerprint density at radius 2 is 2.13 bits per heavy atom.